The fourth-order valence-corrected chi connectivity index (χ4v) is 2.96. The van der Waals surface area contributed by atoms with Gasteiger partial charge in [-0.2, -0.15) is 0 Å². The summed E-state index contributed by atoms with van der Waals surface area (Å²) in [5.41, 5.74) is 0.264. The molecule has 1 saturated heterocycles. The summed E-state index contributed by atoms with van der Waals surface area (Å²) in [7, 11) is 0. The maximum Gasteiger partial charge on any atom is 0.177 e. The molecule has 1 aliphatic rings. The molecule has 4 nitrogen and oxygen atoms in total. The highest BCUT2D eigenvalue weighted by Crippen LogP contribution is 2.33. The minimum absolute atomic E-state index is 0.0589. The summed E-state index contributed by atoms with van der Waals surface area (Å²) in [6.45, 7) is 1.26. The lowest BCUT2D eigenvalue weighted by molar-refractivity contribution is 0.111. The predicted molar refractivity (Wildman–Crippen MR) is 90.8 cm³/mol. The number of phenolic OH excluding ortho intramolecular Hbond substituents is 1. The smallest absolute Gasteiger partial charge is 0.177 e. The molecule has 0 saturated carbocycles. The Hall–Kier alpha value is -2.27. The van der Waals surface area contributed by atoms with Crippen molar-refractivity contribution in [2.45, 2.75) is 18.9 Å². The number of nitrogens with zero attached hydrogens (tertiary/aromatic N) is 1. The number of ether oxygens (including phenoxy) is 1. The van der Waals surface area contributed by atoms with Gasteiger partial charge in [-0.05, 0) is 36.4 Å². The van der Waals surface area contributed by atoms with Gasteiger partial charge >= 0.3 is 0 Å². The molecule has 24 heavy (non-hydrogen) atoms. The highest BCUT2D eigenvalue weighted by Gasteiger charge is 2.24. The summed E-state index contributed by atoms with van der Waals surface area (Å²) in [4.78, 5) is 12.6. The van der Waals surface area contributed by atoms with Crippen molar-refractivity contribution in [2.24, 2.45) is 0 Å². The van der Waals surface area contributed by atoms with E-state index in [1.54, 1.807) is 18.2 Å². The lowest BCUT2D eigenvalue weighted by Gasteiger charge is -2.34. The molecule has 1 fully saturated rings. The van der Waals surface area contributed by atoms with Gasteiger partial charge in [-0.1, -0.05) is 11.6 Å². The van der Waals surface area contributed by atoms with Crippen molar-refractivity contribution in [2.75, 3.05) is 18.0 Å². The van der Waals surface area contributed by atoms with Crippen LogP contribution in [0.3, 0.4) is 0 Å². The molecule has 0 spiro atoms. The van der Waals surface area contributed by atoms with E-state index in [4.69, 9.17) is 16.3 Å². The van der Waals surface area contributed by atoms with E-state index in [9.17, 15) is 14.3 Å². The van der Waals surface area contributed by atoms with Crippen molar-refractivity contribution in [3.63, 3.8) is 0 Å². The molecule has 1 heterocycles. The summed E-state index contributed by atoms with van der Waals surface area (Å²) in [5, 5.41) is 10.6. The van der Waals surface area contributed by atoms with Gasteiger partial charge in [0, 0.05) is 31.0 Å². The summed E-state index contributed by atoms with van der Waals surface area (Å²) in [6.07, 6.45) is 1.95. The van der Waals surface area contributed by atoms with Crippen LogP contribution in [0.1, 0.15) is 23.2 Å². The van der Waals surface area contributed by atoms with E-state index in [-0.39, 0.29) is 11.7 Å². The van der Waals surface area contributed by atoms with Crippen LogP contribution >= 0.6 is 11.6 Å². The van der Waals surface area contributed by atoms with E-state index in [0.29, 0.717) is 30.1 Å². The average Bonchev–Trinajstić information content (AvgIpc) is 2.60. The summed E-state index contributed by atoms with van der Waals surface area (Å²) in [5.74, 6) is -0.583. The Morgan fingerprint density at radius 2 is 1.83 bits per heavy atom. The molecule has 0 unspecified atom stereocenters. The number of rotatable bonds is 4. The van der Waals surface area contributed by atoms with E-state index in [0.717, 1.165) is 18.6 Å². The Morgan fingerprint density at radius 3 is 2.46 bits per heavy atom. The zero-order chi connectivity index (χ0) is 17.1. The van der Waals surface area contributed by atoms with Gasteiger partial charge in [0.1, 0.15) is 11.9 Å². The van der Waals surface area contributed by atoms with Crippen molar-refractivity contribution in [3.8, 4) is 11.5 Å². The van der Waals surface area contributed by atoms with Crippen LogP contribution in [0.2, 0.25) is 5.02 Å². The van der Waals surface area contributed by atoms with Crippen molar-refractivity contribution < 1.29 is 19.0 Å². The second-order valence-corrected chi connectivity index (χ2v) is 6.15. The van der Waals surface area contributed by atoms with E-state index >= 15 is 0 Å². The number of halogens is 2. The first kappa shape index (κ1) is 16.6. The van der Waals surface area contributed by atoms with Crippen LogP contribution in [-0.4, -0.2) is 30.6 Å². The summed E-state index contributed by atoms with van der Waals surface area (Å²) in [6, 6.07) is 10.2. The minimum Gasteiger partial charge on any atom is -0.503 e. The maximum absolute atomic E-state index is 13.9. The SMILES string of the molecule is O=Cc1ccc(N2CCC(Oc3ccc(Cl)cc3)CC2)c(O)c1F. The number of hydrogen-bond donors (Lipinski definition) is 1. The third-order valence-corrected chi connectivity index (χ3v) is 4.40. The fourth-order valence-electron chi connectivity index (χ4n) is 2.84. The van der Waals surface area contributed by atoms with Gasteiger partial charge in [-0.25, -0.2) is 4.39 Å². The largest absolute Gasteiger partial charge is 0.503 e. The molecular formula is C18H17ClFNO3. The quantitative estimate of drug-likeness (QED) is 0.846. The number of aldehydes is 1. The number of anilines is 1. The minimum atomic E-state index is -0.873. The van der Waals surface area contributed by atoms with E-state index in [2.05, 4.69) is 0 Å². The lowest BCUT2D eigenvalue weighted by atomic mass is 10.1. The first-order chi connectivity index (χ1) is 11.6. The van der Waals surface area contributed by atoms with Crippen molar-refractivity contribution in [3.05, 3.63) is 52.8 Å². The molecule has 126 valence electrons. The van der Waals surface area contributed by atoms with Crippen molar-refractivity contribution in [1.82, 2.24) is 0 Å². The Labute approximate surface area is 144 Å². The molecular weight excluding hydrogens is 333 g/mol. The van der Waals surface area contributed by atoms with E-state index < -0.39 is 11.6 Å². The topological polar surface area (TPSA) is 49.8 Å². The molecule has 1 N–H and O–H groups in total. The van der Waals surface area contributed by atoms with Gasteiger partial charge in [0.15, 0.2) is 17.9 Å². The normalized spacial score (nSPS) is 15.3. The number of benzene rings is 2. The maximum atomic E-state index is 13.9. The molecule has 0 amide bonds. The number of hydrogen-bond acceptors (Lipinski definition) is 4. The summed E-state index contributed by atoms with van der Waals surface area (Å²) >= 11 is 5.85. The number of aromatic hydroxyl groups is 1. The Morgan fingerprint density at radius 1 is 1.17 bits per heavy atom. The second kappa shape index (κ2) is 7.09. The molecule has 0 radical (unpaired) electrons. The van der Waals surface area contributed by atoms with Gasteiger partial charge in [0.05, 0.1) is 11.3 Å². The van der Waals surface area contributed by atoms with Gasteiger partial charge in [0.25, 0.3) is 0 Å². The zero-order valence-electron chi connectivity index (χ0n) is 12.9. The lowest BCUT2D eigenvalue weighted by Crippen LogP contribution is -2.38. The highest BCUT2D eigenvalue weighted by atomic mass is 35.5. The molecule has 2 aromatic carbocycles. The molecule has 0 aromatic heterocycles. The average molecular weight is 350 g/mol. The van der Waals surface area contributed by atoms with Crippen molar-refractivity contribution in [1.29, 1.82) is 0 Å². The molecule has 1 aliphatic heterocycles. The third kappa shape index (κ3) is 3.46. The van der Waals surface area contributed by atoms with Gasteiger partial charge in [0.2, 0.25) is 0 Å². The first-order valence-electron chi connectivity index (χ1n) is 7.72. The van der Waals surface area contributed by atoms with Crippen LogP contribution < -0.4 is 9.64 Å². The fraction of sp³-hybridized carbons (Fsp3) is 0.278. The van der Waals surface area contributed by atoms with Crippen LogP contribution in [0.25, 0.3) is 0 Å². The number of carbonyl (C=O) groups excluding carboxylic acids is 1. The van der Waals surface area contributed by atoms with Gasteiger partial charge in [-0.3, -0.25) is 4.79 Å². The van der Waals surface area contributed by atoms with Gasteiger partial charge < -0.3 is 14.7 Å². The van der Waals surface area contributed by atoms with Crippen LogP contribution in [0.15, 0.2) is 36.4 Å². The standard InChI is InChI=1S/C18H17ClFNO3/c19-13-2-4-14(5-3-13)24-15-7-9-21(10-8-15)16-6-1-12(11-22)17(20)18(16)23/h1-6,11,15,23H,7-10H2. The monoisotopic (exact) mass is 349 g/mol. The van der Waals surface area contributed by atoms with Crippen LogP contribution in [0.4, 0.5) is 10.1 Å². The van der Waals surface area contributed by atoms with Gasteiger partial charge in [-0.15, -0.1) is 0 Å². The number of phenols is 1. The molecule has 6 heteroatoms. The number of piperidine rings is 1. The number of carbonyl (C=O) groups is 1. The highest BCUT2D eigenvalue weighted by molar-refractivity contribution is 6.30. The Kier molecular flexibility index (Phi) is 4.90. The second-order valence-electron chi connectivity index (χ2n) is 5.71. The Bertz CT molecular complexity index is 728. The molecule has 0 atom stereocenters. The summed E-state index contributed by atoms with van der Waals surface area (Å²) < 4.78 is 19.8. The van der Waals surface area contributed by atoms with Crippen LogP contribution in [0, 0.1) is 5.82 Å². The molecule has 2 aromatic rings. The first-order valence-corrected chi connectivity index (χ1v) is 8.10. The van der Waals surface area contributed by atoms with Crippen LogP contribution in [0.5, 0.6) is 11.5 Å². The van der Waals surface area contributed by atoms with Crippen molar-refractivity contribution >= 4 is 23.6 Å². The predicted octanol–water partition coefficient (Wildman–Crippen LogP) is 4.05. The molecule has 0 bridgehead atoms. The molecule has 3 rings (SSSR count). The Balaban J connectivity index is 1.64. The molecule has 0 aliphatic carbocycles. The third-order valence-electron chi connectivity index (χ3n) is 4.15. The van der Waals surface area contributed by atoms with E-state index in [1.165, 1.54) is 6.07 Å². The van der Waals surface area contributed by atoms with E-state index in [1.807, 2.05) is 17.0 Å². The zero-order valence-corrected chi connectivity index (χ0v) is 13.7. The van der Waals surface area contributed by atoms with Crippen LogP contribution in [-0.2, 0) is 0 Å².